The second-order valence-electron chi connectivity index (χ2n) is 5.31. The largest absolute Gasteiger partial charge is 0.493 e. The first-order valence-electron chi connectivity index (χ1n) is 7.58. The zero-order valence-electron chi connectivity index (χ0n) is 14.5. The molecule has 2 aromatic carbocycles. The van der Waals surface area contributed by atoms with Crippen LogP contribution in [0.4, 0.5) is 5.69 Å². The number of rotatable bonds is 6. The lowest BCUT2D eigenvalue weighted by Crippen LogP contribution is -2.26. The Labute approximate surface area is 159 Å². The number of benzene rings is 2. The Bertz CT molecular complexity index is 863. The molecule has 0 fully saturated rings. The van der Waals surface area contributed by atoms with E-state index in [1.807, 2.05) is 0 Å². The third-order valence-corrected chi connectivity index (χ3v) is 4.20. The third kappa shape index (κ3) is 4.43. The van der Waals surface area contributed by atoms with Crippen molar-refractivity contribution in [1.29, 1.82) is 0 Å². The van der Waals surface area contributed by atoms with Gasteiger partial charge in [0.25, 0.3) is 5.91 Å². The number of nitrogens with zero attached hydrogens (tertiary/aromatic N) is 1. The third-order valence-electron chi connectivity index (χ3n) is 3.71. The summed E-state index contributed by atoms with van der Waals surface area (Å²) < 4.78 is 11.1. The van der Waals surface area contributed by atoms with Gasteiger partial charge in [0.15, 0.2) is 11.5 Å². The summed E-state index contributed by atoms with van der Waals surface area (Å²) in [5, 5.41) is 9.31. The van der Waals surface area contributed by atoms with Crippen LogP contribution in [-0.4, -0.2) is 38.3 Å². The molecule has 0 bridgehead atoms. The molecule has 7 heteroatoms. The molecule has 0 saturated heterocycles. The number of ether oxygens (including phenoxy) is 2. The van der Waals surface area contributed by atoms with E-state index >= 15 is 0 Å². The van der Waals surface area contributed by atoms with Crippen LogP contribution in [0.1, 0.15) is 15.9 Å². The zero-order chi connectivity index (χ0) is 19.3. The highest BCUT2D eigenvalue weighted by Crippen LogP contribution is 2.28. The predicted octanol–water partition coefficient (Wildman–Crippen LogP) is 3.84. The molecule has 0 spiro atoms. The van der Waals surface area contributed by atoms with Crippen molar-refractivity contribution >= 4 is 39.6 Å². The first kappa shape index (κ1) is 19.5. The van der Waals surface area contributed by atoms with E-state index < -0.39 is 5.97 Å². The molecule has 0 radical (unpaired) electrons. The van der Waals surface area contributed by atoms with Gasteiger partial charge in [0.05, 0.1) is 25.5 Å². The summed E-state index contributed by atoms with van der Waals surface area (Å²) in [5.41, 5.74) is 1.09. The molecule has 2 rings (SSSR count). The molecular weight excluding hydrogens is 402 g/mol. The first-order valence-corrected chi connectivity index (χ1v) is 8.37. The van der Waals surface area contributed by atoms with Gasteiger partial charge in [0.2, 0.25) is 0 Å². The number of anilines is 1. The van der Waals surface area contributed by atoms with Gasteiger partial charge in [-0.15, -0.1) is 0 Å². The van der Waals surface area contributed by atoms with Crippen LogP contribution in [-0.2, 0) is 4.79 Å². The van der Waals surface area contributed by atoms with Crippen molar-refractivity contribution in [2.24, 2.45) is 0 Å². The zero-order valence-corrected chi connectivity index (χ0v) is 16.1. The minimum Gasteiger partial charge on any atom is -0.493 e. The molecule has 0 aliphatic carbocycles. The number of carbonyl (C=O) groups is 2. The molecule has 136 valence electrons. The summed E-state index contributed by atoms with van der Waals surface area (Å²) >= 11 is 3.29. The number of halogens is 1. The number of aromatic carboxylic acids is 1. The minimum atomic E-state index is -1.10. The standard InChI is InChI=1S/C19H18BrNO5/c1-21(15-11-13(20)6-7-14(15)19(23)24)18(22)9-5-12-4-8-16(25-2)17(10-12)26-3/h4-11H,1-3H3,(H,23,24)/b9-5+. The molecule has 26 heavy (non-hydrogen) atoms. The molecule has 0 aromatic heterocycles. The summed E-state index contributed by atoms with van der Waals surface area (Å²) in [5.74, 6) is -0.319. The van der Waals surface area contributed by atoms with Gasteiger partial charge in [0.1, 0.15) is 0 Å². The molecule has 2 aromatic rings. The Kier molecular flexibility index (Phi) is 6.41. The van der Waals surface area contributed by atoms with E-state index in [1.165, 1.54) is 31.2 Å². The van der Waals surface area contributed by atoms with Crippen LogP contribution in [0.25, 0.3) is 6.08 Å². The molecule has 0 saturated carbocycles. The lowest BCUT2D eigenvalue weighted by atomic mass is 10.1. The monoisotopic (exact) mass is 419 g/mol. The van der Waals surface area contributed by atoms with Crippen LogP contribution >= 0.6 is 15.9 Å². The van der Waals surface area contributed by atoms with Crippen molar-refractivity contribution in [2.75, 3.05) is 26.2 Å². The van der Waals surface area contributed by atoms with Crippen LogP contribution in [0, 0.1) is 0 Å². The maximum absolute atomic E-state index is 12.5. The van der Waals surface area contributed by atoms with Crippen LogP contribution in [0.15, 0.2) is 46.9 Å². The number of hydrogen-bond donors (Lipinski definition) is 1. The normalized spacial score (nSPS) is 10.6. The number of methoxy groups -OCH3 is 2. The molecule has 0 aliphatic heterocycles. The van der Waals surface area contributed by atoms with Gasteiger partial charge in [0, 0.05) is 17.6 Å². The maximum Gasteiger partial charge on any atom is 0.337 e. The van der Waals surface area contributed by atoms with Crippen molar-refractivity contribution in [3.05, 3.63) is 58.1 Å². The van der Waals surface area contributed by atoms with Gasteiger partial charge in [-0.25, -0.2) is 4.79 Å². The van der Waals surface area contributed by atoms with Crippen LogP contribution < -0.4 is 14.4 Å². The van der Waals surface area contributed by atoms with E-state index in [9.17, 15) is 14.7 Å². The maximum atomic E-state index is 12.5. The topological polar surface area (TPSA) is 76.1 Å². The molecular formula is C19H18BrNO5. The quantitative estimate of drug-likeness (QED) is 0.719. The lowest BCUT2D eigenvalue weighted by molar-refractivity contribution is -0.113. The summed E-state index contributed by atoms with van der Waals surface area (Å²) in [6.45, 7) is 0. The number of likely N-dealkylation sites (N-methyl/N-ethyl adjacent to an activating group) is 1. The fourth-order valence-electron chi connectivity index (χ4n) is 2.32. The van der Waals surface area contributed by atoms with Gasteiger partial charge in [-0.3, -0.25) is 4.79 Å². The van der Waals surface area contributed by atoms with Gasteiger partial charge in [-0.1, -0.05) is 22.0 Å². The average molecular weight is 420 g/mol. The number of carbonyl (C=O) groups excluding carboxylic acids is 1. The van der Waals surface area contributed by atoms with Crippen LogP contribution in [0.2, 0.25) is 0 Å². The first-order chi connectivity index (χ1) is 12.4. The molecule has 0 heterocycles. The Hall–Kier alpha value is -2.80. The Morgan fingerprint density at radius 2 is 1.77 bits per heavy atom. The Balaban J connectivity index is 2.26. The van der Waals surface area contributed by atoms with Crippen LogP contribution in [0.5, 0.6) is 11.5 Å². The fourth-order valence-corrected chi connectivity index (χ4v) is 2.67. The molecule has 0 atom stereocenters. The van der Waals surface area contributed by atoms with Crippen molar-refractivity contribution in [2.45, 2.75) is 0 Å². The van der Waals surface area contributed by atoms with E-state index in [0.29, 0.717) is 21.7 Å². The van der Waals surface area contributed by atoms with Gasteiger partial charge in [-0.05, 0) is 42.0 Å². The van der Waals surface area contributed by atoms with Crippen molar-refractivity contribution in [1.82, 2.24) is 0 Å². The van der Waals surface area contributed by atoms with E-state index in [2.05, 4.69) is 15.9 Å². The van der Waals surface area contributed by atoms with Gasteiger partial charge < -0.3 is 19.5 Å². The highest BCUT2D eigenvalue weighted by molar-refractivity contribution is 9.10. The summed E-state index contributed by atoms with van der Waals surface area (Å²) in [6, 6.07) is 9.92. The second kappa shape index (κ2) is 8.53. The molecule has 0 aliphatic rings. The fraction of sp³-hybridized carbons (Fsp3) is 0.158. The summed E-state index contributed by atoms with van der Waals surface area (Å²) in [6.07, 6.45) is 2.99. The lowest BCUT2D eigenvalue weighted by Gasteiger charge is -2.18. The van der Waals surface area contributed by atoms with E-state index in [4.69, 9.17) is 9.47 Å². The molecule has 0 unspecified atom stereocenters. The van der Waals surface area contributed by atoms with Crippen molar-refractivity contribution < 1.29 is 24.2 Å². The highest BCUT2D eigenvalue weighted by Gasteiger charge is 2.17. The van der Waals surface area contributed by atoms with E-state index in [0.717, 1.165) is 5.56 Å². The van der Waals surface area contributed by atoms with E-state index in [1.54, 1.807) is 43.5 Å². The SMILES string of the molecule is COc1ccc(/C=C/C(=O)N(C)c2cc(Br)ccc2C(=O)O)cc1OC. The number of amides is 1. The number of carboxylic acids is 1. The summed E-state index contributed by atoms with van der Waals surface area (Å²) in [7, 11) is 4.60. The smallest absolute Gasteiger partial charge is 0.337 e. The van der Waals surface area contributed by atoms with E-state index in [-0.39, 0.29) is 11.5 Å². The predicted molar refractivity (Wildman–Crippen MR) is 103 cm³/mol. The Morgan fingerprint density at radius 1 is 1.08 bits per heavy atom. The van der Waals surface area contributed by atoms with Crippen LogP contribution in [0.3, 0.4) is 0 Å². The second-order valence-corrected chi connectivity index (χ2v) is 6.23. The number of carboxylic acid groups (broad SMARTS) is 1. The highest BCUT2D eigenvalue weighted by atomic mass is 79.9. The molecule has 1 N–H and O–H groups in total. The van der Waals surface area contributed by atoms with Crippen molar-refractivity contribution in [3.8, 4) is 11.5 Å². The molecule has 6 nitrogen and oxygen atoms in total. The molecule has 1 amide bonds. The Morgan fingerprint density at radius 3 is 2.38 bits per heavy atom. The van der Waals surface area contributed by atoms with Gasteiger partial charge in [-0.2, -0.15) is 0 Å². The summed E-state index contributed by atoms with van der Waals surface area (Å²) in [4.78, 5) is 25.1. The number of hydrogen-bond acceptors (Lipinski definition) is 4. The van der Waals surface area contributed by atoms with Crippen molar-refractivity contribution in [3.63, 3.8) is 0 Å². The minimum absolute atomic E-state index is 0.0450. The van der Waals surface area contributed by atoms with Gasteiger partial charge >= 0.3 is 5.97 Å². The average Bonchev–Trinajstić information content (AvgIpc) is 2.64.